The van der Waals surface area contributed by atoms with Crippen LogP contribution in [0.5, 0.6) is 0 Å². The van der Waals surface area contributed by atoms with Gasteiger partial charge in [0, 0.05) is 12.2 Å². The lowest BCUT2D eigenvalue weighted by Gasteiger charge is -2.07. The van der Waals surface area contributed by atoms with E-state index in [1.807, 2.05) is 0 Å². The minimum atomic E-state index is -2.55. The van der Waals surface area contributed by atoms with Gasteiger partial charge in [-0.15, -0.1) is 0 Å². The van der Waals surface area contributed by atoms with Crippen molar-refractivity contribution in [2.45, 2.75) is 0 Å². The van der Waals surface area contributed by atoms with Gasteiger partial charge in [0.2, 0.25) is 0 Å². The summed E-state index contributed by atoms with van der Waals surface area (Å²) < 4.78 is 46.6. The van der Waals surface area contributed by atoms with E-state index in [2.05, 4.69) is 5.32 Å². The van der Waals surface area contributed by atoms with Crippen molar-refractivity contribution in [1.82, 2.24) is 0 Å². The molecule has 4 nitrogen and oxygen atoms in total. The van der Waals surface area contributed by atoms with Gasteiger partial charge in [-0.1, -0.05) is 0 Å². The summed E-state index contributed by atoms with van der Waals surface area (Å²) in [4.78, 5) is 0. The minimum absolute atomic E-state index is 0.0227. The fourth-order valence-electron chi connectivity index (χ4n) is 1.03. The molecule has 15 heavy (non-hydrogen) atoms. The van der Waals surface area contributed by atoms with E-state index < -0.39 is 22.3 Å². The van der Waals surface area contributed by atoms with Crippen LogP contribution in [0.4, 0.5) is 20.2 Å². The van der Waals surface area contributed by atoms with Crippen molar-refractivity contribution in [3.63, 3.8) is 0 Å². The number of nitrogens with two attached hydrogens (primary N) is 1. The fourth-order valence-corrected chi connectivity index (χ4v) is 1.33. The van der Waals surface area contributed by atoms with Crippen LogP contribution in [0.1, 0.15) is 0 Å². The molecule has 0 fully saturated rings. The van der Waals surface area contributed by atoms with Crippen LogP contribution in [0.2, 0.25) is 0 Å². The van der Waals surface area contributed by atoms with Gasteiger partial charge < -0.3 is 11.1 Å². The summed E-state index contributed by atoms with van der Waals surface area (Å²) >= 11 is 0. The molecule has 0 aromatic heterocycles. The number of hydrogen-bond acceptors (Lipinski definition) is 4. The lowest BCUT2D eigenvalue weighted by atomic mass is 10.2. The average molecular weight is 236 g/mol. The summed E-state index contributed by atoms with van der Waals surface area (Å²) in [5, 5.41) is 2.35. The van der Waals surface area contributed by atoms with E-state index in [1.54, 1.807) is 0 Å². The smallest absolute Gasteiger partial charge is 0.151 e. The number of anilines is 2. The molecule has 0 unspecified atom stereocenters. The van der Waals surface area contributed by atoms with Gasteiger partial charge in [0.15, 0.2) is 11.6 Å². The molecule has 0 bridgehead atoms. The maximum Gasteiger partial charge on any atom is 0.151 e. The third kappa shape index (κ3) is 3.35. The fraction of sp³-hybridized carbons (Fsp3) is 0.250. The Labute approximate surface area is 87.0 Å². The predicted octanol–water partition coefficient (Wildman–Crippen LogP) is 0.570. The van der Waals surface area contributed by atoms with Gasteiger partial charge in [0.1, 0.15) is 16.4 Å². The molecule has 1 rings (SSSR count). The second kappa shape index (κ2) is 4.92. The van der Waals surface area contributed by atoms with E-state index in [0.717, 1.165) is 12.1 Å². The summed E-state index contributed by atoms with van der Waals surface area (Å²) in [6, 6.07) is 1.92. The zero-order valence-corrected chi connectivity index (χ0v) is 8.56. The van der Waals surface area contributed by atoms with Gasteiger partial charge in [-0.2, -0.15) is 0 Å². The highest BCUT2D eigenvalue weighted by Crippen LogP contribution is 2.21. The monoisotopic (exact) mass is 236 g/mol. The summed E-state index contributed by atoms with van der Waals surface area (Å²) in [6.07, 6.45) is 0. The molecular weight excluding hydrogens is 226 g/mol. The van der Waals surface area contributed by atoms with Crippen molar-refractivity contribution < 1.29 is 17.2 Å². The van der Waals surface area contributed by atoms with Crippen molar-refractivity contribution in [2.75, 3.05) is 23.3 Å². The molecule has 3 N–H and O–H groups in total. The van der Waals surface area contributed by atoms with Crippen molar-refractivity contribution in [2.24, 2.45) is 0 Å². The number of thiol groups is 1. The van der Waals surface area contributed by atoms with Crippen LogP contribution in [-0.2, 0) is 10.7 Å². The molecule has 0 atom stereocenters. The lowest BCUT2D eigenvalue weighted by molar-refractivity contribution is 0.589. The highest BCUT2D eigenvalue weighted by atomic mass is 32.2. The molecule has 0 saturated heterocycles. The zero-order chi connectivity index (χ0) is 11.4. The average Bonchev–Trinajstić information content (AvgIpc) is 2.08. The Morgan fingerprint density at radius 1 is 1.27 bits per heavy atom. The third-order valence-corrected chi connectivity index (χ3v) is 2.25. The maximum atomic E-state index is 13.1. The zero-order valence-electron chi connectivity index (χ0n) is 7.67. The van der Waals surface area contributed by atoms with Gasteiger partial charge in [-0.3, -0.25) is 0 Å². The van der Waals surface area contributed by atoms with Gasteiger partial charge in [0.25, 0.3) is 0 Å². The first-order valence-corrected chi connectivity index (χ1v) is 5.47. The Kier molecular flexibility index (Phi) is 3.84. The van der Waals surface area contributed by atoms with Gasteiger partial charge in [-0.05, 0) is 12.1 Å². The quantitative estimate of drug-likeness (QED) is 0.528. The Morgan fingerprint density at radius 3 is 2.27 bits per heavy atom. The lowest BCUT2D eigenvalue weighted by Crippen LogP contribution is -2.10. The first-order valence-electron chi connectivity index (χ1n) is 4.11. The highest BCUT2D eigenvalue weighted by molar-refractivity contribution is 7.72. The molecule has 0 radical (unpaired) electrons. The molecule has 7 heteroatoms. The van der Waals surface area contributed by atoms with Crippen LogP contribution >= 0.6 is 0 Å². The number of halogens is 2. The molecule has 0 spiro atoms. The number of hydrogen-bond donors (Lipinski definition) is 3. The molecule has 84 valence electrons. The van der Waals surface area contributed by atoms with Crippen LogP contribution in [0, 0.1) is 11.6 Å². The van der Waals surface area contributed by atoms with Gasteiger partial charge >= 0.3 is 0 Å². The standard InChI is InChI=1S/C8H10F2N2O2S/c9-6-3-5(11)4-7(10)8(6)12-1-2-15(13)14/h3-4,12,15H,1-2,11H2. The number of nitrogens with one attached hydrogen (secondary N) is 1. The number of benzene rings is 1. The first-order chi connectivity index (χ1) is 7.00. The molecular formula is C8H10F2N2O2S. The van der Waals surface area contributed by atoms with E-state index in [4.69, 9.17) is 5.73 Å². The van der Waals surface area contributed by atoms with Crippen molar-refractivity contribution >= 4 is 22.1 Å². The van der Waals surface area contributed by atoms with Gasteiger partial charge in [-0.25, -0.2) is 17.2 Å². The number of rotatable bonds is 4. The Morgan fingerprint density at radius 2 is 1.80 bits per heavy atom. The molecule has 0 heterocycles. The first kappa shape index (κ1) is 11.7. The SMILES string of the molecule is Nc1cc(F)c(NCC[SH](=O)=O)c(F)c1. The largest absolute Gasteiger partial charge is 0.399 e. The Hall–Kier alpha value is -1.37. The van der Waals surface area contributed by atoms with Crippen molar-refractivity contribution in [1.29, 1.82) is 0 Å². The summed E-state index contributed by atoms with van der Waals surface area (Å²) in [5.41, 5.74) is 4.82. The Bertz CT molecular complexity index is 404. The summed E-state index contributed by atoms with van der Waals surface area (Å²) in [6.45, 7) is -0.0452. The molecule has 0 amide bonds. The second-order valence-corrected chi connectivity index (χ2v) is 3.96. The van der Waals surface area contributed by atoms with E-state index in [1.165, 1.54) is 0 Å². The topological polar surface area (TPSA) is 72.2 Å². The second-order valence-electron chi connectivity index (χ2n) is 2.84. The van der Waals surface area contributed by atoms with Gasteiger partial charge in [0.05, 0.1) is 5.75 Å². The predicted molar refractivity (Wildman–Crippen MR) is 54.4 cm³/mol. The van der Waals surface area contributed by atoms with Crippen LogP contribution in [-0.4, -0.2) is 20.7 Å². The third-order valence-electron chi connectivity index (χ3n) is 1.66. The minimum Gasteiger partial charge on any atom is -0.399 e. The molecule has 0 aliphatic rings. The molecule has 0 aliphatic carbocycles. The van der Waals surface area contributed by atoms with E-state index in [9.17, 15) is 17.2 Å². The number of nitrogen functional groups attached to an aromatic ring is 1. The van der Waals surface area contributed by atoms with Crippen LogP contribution in [0.25, 0.3) is 0 Å². The van der Waals surface area contributed by atoms with E-state index in [-0.39, 0.29) is 23.7 Å². The van der Waals surface area contributed by atoms with Crippen LogP contribution in [0.3, 0.4) is 0 Å². The maximum absolute atomic E-state index is 13.1. The molecule has 1 aromatic carbocycles. The van der Waals surface area contributed by atoms with E-state index >= 15 is 0 Å². The highest BCUT2D eigenvalue weighted by Gasteiger charge is 2.09. The summed E-state index contributed by atoms with van der Waals surface area (Å²) in [7, 11) is -2.55. The molecule has 1 aromatic rings. The Balaban J connectivity index is 2.76. The van der Waals surface area contributed by atoms with Crippen molar-refractivity contribution in [3.05, 3.63) is 23.8 Å². The van der Waals surface area contributed by atoms with Crippen LogP contribution in [0.15, 0.2) is 12.1 Å². The normalized spacial score (nSPS) is 10.6. The molecule has 0 aliphatic heterocycles. The summed E-state index contributed by atoms with van der Waals surface area (Å²) in [5.74, 6) is -1.86. The van der Waals surface area contributed by atoms with Crippen LogP contribution < -0.4 is 11.1 Å². The van der Waals surface area contributed by atoms with Crippen molar-refractivity contribution in [3.8, 4) is 0 Å². The van der Waals surface area contributed by atoms with E-state index in [0.29, 0.717) is 0 Å². The molecule has 0 saturated carbocycles.